The first-order valence-electron chi connectivity index (χ1n) is 6.65. The molecule has 1 aliphatic carbocycles. The van der Waals surface area contributed by atoms with Crippen molar-refractivity contribution in [2.45, 2.75) is 25.7 Å². The Kier molecular flexibility index (Phi) is 9.22. The molecule has 0 aromatic carbocycles. The predicted molar refractivity (Wildman–Crippen MR) is 82.4 cm³/mol. The molecule has 0 heteroatoms. The van der Waals surface area contributed by atoms with E-state index in [1.54, 1.807) is 0 Å². The van der Waals surface area contributed by atoms with Gasteiger partial charge in [0.25, 0.3) is 0 Å². The highest BCUT2D eigenvalue weighted by Crippen LogP contribution is 2.02. The number of hydrogen-bond donors (Lipinski definition) is 0. The molecule has 0 nitrogen and oxygen atoms in total. The van der Waals surface area contributed by atoms with Gasteiger partial charge < -0.3 is 0 Å². The van der Waals surface area contributed by atoms with Crippen LogP contribution in [0.4, 0.5) is 0 Å². The summed E-state index contributed by atoms with van der Waals surface area (Å²) >= 11 is 0. The van der Waals surface area contributed by atoms with E-state index in [4.69, 9.17) is 0 Å². The average Bonchev–Trinajstić information content (AvgIpc) is 2.39. The monoisotopic (exact) mass is 238 g/mol. The van der Waals surface area contributed by atoms with Crippen LogP contribution in [0.15, 0.2) is 85.1 Å². The first-order valence-corrected chi connectivity index (χ1v) is 6.65. The molecular weight excluding hydrogens is 216 g/mol. The van der Waals surface area contributed by atoms with E-state index < -0.39 is 0 Å². The fourth-order valence-corrected chi connectivity index (χ4v) is 1.52. The molecule has 0 spiro atoms. The van der Waals surface area contributed by atoms with Crippen LogP contribution in [0.1, 0.15) is 25.7 Å². The molecule has 94 valence electrons. The molecule has 0 atom stereocenters. The molecule has 0 saturated heterocycles. The zero-order chi connectivity index (χ0) is 12.7. The van der Waals surface area contributed by atoms with Crippen LogP contribution < -0.4 is 0 Å². The molecule has 0 aromatic heterocycles. The Labute approximate surface area is 111 Å². The van der Waals surface area contributed by atoms with Crippen LogP contribution in [-0.2, 0) is 0 Å². The molecule has 0 bridgehead atoms. The van der Waals surface area contributed by atoms with Gasteiger partial charge >= 0.3 is 0 Å². The molecule has 0 radical (unpaired) electrons. The van der Waals surface area contributed by atoms with Gasteiger partial charge in [0.2, 0.25) is 0 Å². The molecule has 0 unspecified atom stereocenters. The van der Waals surface area contributed by atoms with E-state index in [-0.39, 0.29) is 0 Å². The van der Waals surface area contributed by atoms with Crippen LogP contribution in [0.25, 0.3) is 0 Å². The molecule has 0 heterocycles. The largest absolute Gasteiger partial charge is 0.0845 e. The lowest BCUT2D eigenvalue weighted by Gasteiger charge is -1.91. The van der Waals surface area contributed by atoms with E-state index in [2.05, 4.69) is 48.6 Å². The number of rotatable bonds is 0. The third kappa shape index (κ3) is 9.41. The Hall–Kier alpha value is -1.82. The van der Waals surface area contributed by atoms with Crippen molar-refractivity contribution in [1.82, 2.24) is 0 Å². The van der Waals surface area contributed by atoms with Gasteiger partial charge in [0, 0.05) is 0 Å². The van der Waals surface area contributed by atoms with E-state index in [1.165, 1.54) is 25.7 Å². The molecule has 0 saturated carbocycles. The fourth-order valence-electron chi connectivity index (χ4n) is 1.52. The minimum Gasteiger partial charge on any atom is -0.0845 e. The smallest absolute Gasteiger partial charge is 0.0347 e. The van der Waals surface area contributed by atoms with Gasteiger partial charge in [-0.1, -0.05) is 85.1 Å². The zero-order valence-corrected chi connectivity index (χ0v) is 10.9. The van der Waals surface area contributed by atoms with Crippen LogP contribution >= 0.6 is 0 Å². The SMILES string of the molecule is C1=CC=CC=CC=CCCCCC=CC=CC=C1. The van der Waals surface area contributed by atoms with Gasteiger partial charge in [-0.05, 0) is 25.7 Å². The van der Waals surface area contributed by atoms with E-state index in [1.807, 2.05) is 36.5 Å². The van der Waals surface area contributed by atoms with E-state index >= 15 is 0 Å². The van der Waals surface area contributed by atoms with E-state index in [9.17, 15) is 0 Å². The lowest BCUT2D eigenvalue weighted by molar-refractivity contribution is 0.762. The molecule has 18 heavy (non-hydrogen) atoms. The summed E-state index contributed by atoms with van der Waals surface area (Å²) < 4.78 is 0. The molecule has 0 aromatic rings. The average molecular weight is 238 g/mol. The summed E-state index contributed by atoms with van der Waals surface area (Å²) in [4.78, 5) is 0. The Balaban J connectivity index is 2.50. The minimum absolute atomic E-state index is 1.17. The van der Waals surface area contributed by atoms with Crippen molar-refractivity contribution >= 4 is 0 Å². The van der Waals surface area contributed by atoms with E-state index in [0.717, 1.165) is 0 Å². The predicted octanol–water partition coefficient (Wildman–Crippen LogP) is 5.45. The van der Waals surface area contributed by atoms with Crippen molar-refractivity contribution in [2.75, 3.05) is 0 Å². The van der Waals surface area contributed by atoms with Gasteiger partial charge in [0.15, 0.2) is 0 Å². The highest BCUT2D eigenvalue weighted by molar-refractivity contribution is 5.20. The molecule has 0 fully saturated rings. The zero-order valence-electron chi connectivity index (χ0n) is 10.9. The lowest BCUT2D eigenvalue weighted by Crippen LogP contribution is -1.71. The molecule has 0 N–H and O–H groups in total. The van der Waals surface area contributed by atoms with Crippen molar-refractivity contribution in [3.63, 3.8) is 0 Å². The lowest BCUT2D eigenvalue weighted by atomic mass is 10.2. The van der Waals surface area contributed by atoms with Gasteiger partial charge in [0.1, 0.15) is 0 Å². The first kappa shape index (κ1) is 14.2. The van der Waals surface area contributed by atoms with Crippen molar-refractivity contribution in [1.29, 1.82) is 0 Å². The molecule has 1 rings (SSSR count). The normalized spacial score (nSPS) is 17.8. The summed E-state index contributed by atoms with van der Waals surface area (Å²) in [7, 11) is 0. The van der Waals surface area contributed by atoms with Crippen molar-refractivity contribution in [3.05, 3.63) is 85.1 Å². The summed E-state index contributed by atoms with van der Waals surface area (Å²) in [6.45, 7) is 0. The van der Waals surface area contributed by atoms with Gasteiger partial charge in [-0.25, -0.2) is 0 Å². The third-order valence-electron chi connectivity index (χ3n) is 2.49. The van der Waals surface area contributed by atoms with Gasteiger partial charge in [-0.2, -0.15) is 0 Å². The standard InChI is InChI=1S/C18H22/c1-2-4-6-8-10-12-14-16-18-17-15-13-11-9-7-5-3-1/h1-14H,15-18H2. The Morgan fingerprint density at radius 1 is 0.333 bits per heavy atom. The highest BCUT2D eigenvalue weighted by Gasteiger charge is 1.82. The summed E-state index contributed by atoms with van der Waals surface area (Å²) in [5, 5.41) is 0. The minimum atomic E-state index is 1.17. The maximum absolute atomic E-state index is 2.23. The summed E-state index contributed by atoms with van der Waals surface area (Å²) in [6, 6.07) is 0. The van der Waals surface area contributed by atoms with Crippen molar-refractivity contribution in [2.24, 2.45) is 0 Å². The maximum Gasteiger partial charge on any atom is -0.0347 e. The maximum atomic E-state index is 2.23. The van der Waals surface area contributed by atoms with Crippen LogP contribution in [-0.4, -0.2) is 0 Å². The van der Waals surface area contributed by atoms with E-state index in [0.29, 0.717) is 0 Å². The molecule has 0 aliphatic heterocycles. The Morgan fingerprint density at radius 3 is 0.944 bits per heavy atom. The van der Waals surface area contributed by atoms with Crippen LogP contribution in [0, 0.1) is 0 Å². The van der Waals surface area contributed by atoms with Gasteiger partial charge in [-0.15, -0.1) is 0 Å². The summed E-state index contributed by atoms with van der Waals surface area (Å²) in [6.07, 6.45) is 34.0. The molecular formula is C18H22. The Morgan fingerprint density at radius 2 is 0.611 bits per heavy atom. The third-order valence-corrected chi connectivity index (χ3v) is 2.49. The topological polar surface area (TPSA) is 0 Å². The Bertz CT molecular complexity index is 346. The van der Waals surface area contributed by atoms with Gasteiger partial charge in [0.05, 0.1) is 0 Å². The first-order chi connectivity index (χ1) is 9.00. The van der Waals surface area contributed by atoms with Crippen molar-refractivity contribution < 1.29 is 0 Å². The van der Waals surface area contributed by atoms with Crippen LogP contribution in [0.3, 0.4) is 0 Å². The van der Waals surface area contributed by atoms with Gasteiger partial charge in [-0.3, -0.25) is 0 Å². The molecule has 1 aliphatic rings. The highest BCUT2D eigenvalue weighted by atomic mass is 13.9. The fraction of sp³-hybridized carbons (Fsp3) is 0.222. The summed E-state index contributed by atoms with van der Waals surface area (Å²) in [5.74, 6) is 0. The second-order valence-electron chi connectivity index (χ2n) is 4.07. The summed E-state index contributed by atoms with van der Waals surface area (Å²) in [5.41, 5.74) is 0. The molecule has 0 amide bonds. The van der Waals surface area contributed by atoms with Crippen LogP contribution in [0.5, 0.6) is 0 Å². The second-order valence-corrected chi connectivity index (χ2v) is 4.07. The number of allylic oxidation sites excluding steroid dienone is 14. The second kappa shape index (κ2) is 11.7. The number of hydrogen-bond acceptors (Lipinski definition) is 0. The quantitative estimate of drug-likeness (QED) is 0.526. The van der Waals surface area contributed by atoms with Crippen molar-refractivity contribution in [3.8, 4) is 0 Å². The van der Waals surface area contributed by atoms with Crippen LogP contribution in [0.2, 0.25) is 0 Å².